The highest BCUT2D eigenvalue weighted by Gasteiger charge is 2.29. The van der Waals surface area contributed by atoms with Crippen molar-refractivity contribution in [2.45, 2.75) is 0 Å². The van der Waals surface area contributed by atoms with Crippen LogP contribution < -0.4 is 15.8 Å². The Hall–Kier alpha value is -2.95. The Morgan fingerprint density at radius 2 is 1.96 bits per heavy atom. The van der Waals surface area contributed by atoms with Gasteiger partial charge in [0.25, 0.3) is 16.0 Å². The number of aromatic nitrogens is 1. The lowest BCUT2D eigenvalue weighted by Gasteiger charge is -2.13. The van der Waals surface area contributed by atoms with E-state index in [1.54, 1.807) is 18.3 Å². The summed E-state index contributed by atoms with van der Waals surface area (Å²) in [6.45, 7) is 0.587. The molecular formula is C18H18FN3O5S. The lowest BCUT2D eigenvalue weighted by atomic mass is 9.96. The highest BCUT2D eigenvalue weighted by atomic mass is 32.2. The molecular weight excluding hydrogens is 389 g/mol. The number of benzene rings is 2. The smallest absolute Gasteiger partial charge is 0.261 e. The van der Waals surface area contributed by atoms with Gasteiger partial charge in [-0.2, -0.15) is 8.42 Å². The van der Waals surface area contributed by atoms with Crippen molar-refractivity contribution in [2.75, 3.05) is 24.7 Å². The Kier molecular flexibility index (Phi) is 5.36. The number of hydrogen-bond donors (Lipinski definition) is 4. The highest BCUT2D eigenvalue weighted by Crippen LogP contribution is 2.44. The maximum atomic E-state index is 14.4. The van der Waals surface area contributed by atoms with E-state index >= 15 is 0 Å². The van der Waals surface area contributed by atoms with E-state index in [0.29, 0.717) is 46.1 Å². The fourth-order valence-corrected chi connectivity index (χ4v) is 3.01. The van der Waals surface area contributed by atoms with Gasteiger partial charge in [0.05, 0.1) is 22.9 Å². The minimum Gasteiger partial charge on any atom is -0.491 e. The molecule has 28 heavy (non-hydrogen) atoms. The van der Waals surface area contributed by atoms with Gasteiger partial charge in [-0.05, 0) is 30.3 Å². The van der Waals surface area contributed by atoms with E-state index in [-0.39, 0.29) is 12.5 Å². The number of carbonyl (C=O) groups excluding carboxylic acids is 1. The summed E-state index contributed by atoms with van der Waals surface area (Å²) < 4.78 is 45.9. The molecule has 5 N–H and O–H groups in total. The van der Waals surface area contributed by atoms with Crippen molar-refractivity contribution in [3.8, 4) is 17.0 Å². The fraction of sp³-hybridized carbons (Fsp3) is 0.167. The van der Waals surface area contributed by atoms with Crippen LogP contribution in [0, 0.1) is 5.82 Å². The van der Waals surface area contributed by atoms with Crippen LogP contribution in [0.5, 0.6) is 5.75 Å². The molecule has 0 fully saturated rings. The number of carbonyl (C=O) groups is 1. The van der Waals surface area contributed by atoms with Crippen molar-refractivity contribution in [3.05, 3.63) is 47.9 Å². The van der Waals surface area contributed by atoms with Gasteiger partial charge in [0.1, 0.15) is 18.2 Å². The minimum absolute atomic E-state index is 0.245. The summed E-state index contributed by atoms with van der Waals surface area (Å²) in [7, 11) is -3.67. The molecule has 10 heteroatoms. The third kappa shape index (κ3) is 3.98. The van der Waals surface area contributed by atoms with Crippen molar-refractivity contribution in [1.82, 2.24) is 4.98 Å². The third-order valence-corrected chi connectivity index (χ3v) is 3.93. The number of nitrogens with two attached hydrogens (primary N) is 1. The summed E-state index contributed by atoms with van der Waals surface area (Å²) in [5, 5.41) is 3.64. The maximum Gasteiger partial charge on any atom is 0.261 e. The molecule has 0 saturated heterocycles. The van der Waals surface area contributed by atoms with Crippen LogP contribution >= 0.6 is 0 Å². The van der Waals surface area contributed by atoms with Gasteiger partial charge in [0.2, 0.25) is 0 Å². The Bertz CT molecular complexity index is 1140. The number of hydrogen-bond acceptors (Lipinski definition) is 5. The van der Waals surface area contributed by atoms with Crippen LogP contribution in [-0.2, 0) is 10.1 Å². The zero-order chi connectivity index (χ0) is 20.5. The molecule has 2 heterocycles. The molecule has 8 nitrogen and oxygen atoms in total. The van der Waals surface area contributed by atoms with Crippen LogP contribution in [0.15, 0.2) is 36.5 Å². The summed E-state index contributed by atoms with van der Waals surface area (Å²) in [6.07, 6.45) is 2.49. The number of ether oxygens (including phenoxy) is 1. The van der Waals surface area contributed by atoms with Gasteiger partial charge in [-0.15, -0.1) is 0 Å². The van der Waals surface area contributed by atoms with Crippen LogP contribution in [0.1, 0.15) is 10.4 Å². The molecule has 0 saturated carbocycles. The number of amides is 1. The summed E-state index contributed by atoms with van der Waals surface area (Å²) in [5.74, 6) is -0.285. The average molecular weight is 407 g/mol. The molecule has 1 aromatic heterocycles. The summed E-state index contributed by atoms with van der Waals surface area (Å²) in [4.78, 5) is 15.5. The quantitative estimate of drug-likeness (QED) is 0.491. The van der Waals surface area contributed by atoms with Crippen molar-refractivity contribution < 1.29 is 26.9 Å². The molecule has 148 valence electrons. The lowest BCUT2D eigenvalue weighted by molar-refractivity contribution is 0.103. The Labute approximate surface area is 160 Å². The second-order valence-corrected chi connectivity index (χ2v) is 7.52. The standard InChI is InChI=1S/C17H14FN3O2.CH4O3S/c18-10-3-4-12-16-14(17(22)21-12)9(11-2-1-6-20-11)8-13(15(10)16)23-7-5-19;1-5(2,3)4/h1-4,6,8,20H,5,7,19H2,(H,21,22);1H3,(H,2,3,4). The van der Waals surface area contributed by atoms with Gasteiger partial charge >= 0.3 is 0 Å². The Balaban J connectivity index is 0.000000403. The molecule has 1 amide bonds. The van der Waals surface area contributed by atoms with Gasteiger partial charge in [0, 0.05) is 29.4 Å². The first-order valence-electron chi connectivity index (χ1n) is 8.20. The highest BCUT2D eigenvalue weighted by molar-refractivity contribution is 7.85. The third-order valence-electron chi connectivity index (χ3n) is 3.93. The molecule has 0 bridgehead atoms. The molecule has 3 aromatic rings. The Morgan fingerprint density at radius 3 is 2.57 bits per heavy atom. The second kappa shape index (κ2) is 7.58. The molecule has 1 aliphatic rings. The Morgan fingerprint density at radius 1 is 1.25 bits per heavy atom. The predicted molar refractivity (Wildman–Crippen MR) is 104 cm³/mol. The number of nitrogens with one attached hydrogen (secondary N) is 2. The van der Waals surface area contributed by atoms with E-state index in [1.807, 2.05) is 12.1 Å². The zero-order valence-electron chi connectivity index (χ0n) is 14.8. The van der Waals surface area contributed by atoms with Gasteiger partial charge in [0.15, 0.2) is 0 Å². The lowest BCUT2D eigenvalue weighted by Crippen LogP contribution is -2.11. The van der Waals surface area contributed by atoms with Gasteiger partial charge in [-0.3, -0.25) is 9.35 Å². The van der Waals surface area contributed by atoms with Gasteiger partial charge in [-0.1, -0.05) is 0 Å². The maximum absolute atomic E-state index is 14.4. The largest absolute Gasteiger partial charge is 0.491 e. The summed E-state index contributed by atoms with van der Waals surface area (Å²) >= 11 is 0. The molecule has 1 aliphatic heterocycles. The van der Waals surface area contributed by atoms with Crippen molar-refractivity contribution >= 4 is 32.5 Å². The van der Waals surface area contributed by atoms with E-state index in [2.05, 4.69) is 10.3 Å². The van der Waals surface area contributed by atoms with Crippen LogP contribution in [-0.4, -0.2) is 43.3 Å². The van der Waals surface area contributed by atoms with E-state index in [4.69, 9.17) is 15.0 Å². The molecule has 0 spiro atoms. The predicted octanol–water partition coefficient (Wildman–Crippen LogP) is 2.38. The number of anilines is 1. The number of halogens is 1. The van der Waals surface area contributed by atoms with Crippen LogP contribution in [0.3, 0.4) is 0 Å². The molecule has 0 unspecified atom stereocenters. The first-order chi connectivity index (χ1) is 13.2. The number of rotatable bonds is 4. The van der Waals surface area contributed by atoms with Crippen molar-refractivity contribution in [1.29, 1.82) is 0 Å². The first kappa shape index (κ1) is 19.8. The topological polar surface area (TPSA) is 135 Å². The molecule has 4 rings (SSSR count). The van der Waals surface area contributed by atoms with E-state index in [0.717, 1.165) is 5.69 Å². The van der Waals surface area contributed by atoms with Gasteiger partial charge < -0.3 is 20.8 Å². The number of aromatic amines is 1. The molecule has 0 radical (unpaired) electrons. The summed E-state index contributed by atoms with van der Waals surface area (Å²) in [5.41, 5.74) is 7.99. The van der Waals surface area contributed by atoms with Crippen LogP contribution in [0.25, 0.3) is 22.0 Å². The fourth-order valence-electron chi connectivity index (χ4n) is 3.01. The monoisotopic (exact) mass is 407 g/mol. The van der Waals surface area contributed by atoms with Gasteiger partial charge in [-0.25, -0.2) is 4.39 Å². The SMILES string of the molecule is CS(=O)(=O)O.NCCOc1cc(-c2ccc[nH]2)c2c3c(ccc(F)c13)NC2=O. The molecule has 2 aromatic carbocycles. The number of H-pyrrole nitrogens is 1. The zero-order valence-corrected chi connectivity index (χ0v) is 15.6. The average Bonchev–Trinajstić information content (AvgIpc) is 3.24. The minimum atomic E-state index is -3.67. The molecule has 0 atom stereocenters. The second-order valence-electron chi connectivity index (χ2n) is 6.05. The summed E-state index contributed by atoms with van der Waals surface area (Å²) in [6, 6.07) is 8.28. The van der Waals surface area contributed by atoms with E-state index in [1.165, 1.54) is 6.07 Å². The van der Waals surface area contributed by atoms with Crippen LogP contribution in [0.2, 0.25) is 0 Å². The molecule has 0 aliphatic carbocycles. The van der Waals surface area contributed by atoms with E-state index < -0.39 is 15.9 Å². The van der Waals surface area contributed by atoms with Crippen LogP contribution in [0.4, 0.5) is 10.1 Å². The van der Waals surface area contributed by atoms with Crippen molar-refractivity contribution in [2.24, 2.45) is 5.73 Å². The van der Waals surface area contributed by atoms with Crippen molar-refractivity contribution in [3.63, 3.8) is 0 Å². The normalized spacial score (nSPS) is 12.5. The first-order valence-corrected chi connectivity index (χ1v) is 10.0. The van der Waals surface area contributed by atoms with E-state index in [9.17, 15) is 17.6 Å².